The molecule has 1 rings (SSSR count). The number of ketones is 1. The standard InChI is InChI=1S/C16H28N2O6S.Na/c1-2-3-4-5-6-7-15(21)16-17-8-9-18(16,10-11-19)12-14(20)13-25(22,23)24;/h3-4,14,19-20H,2,5-13H2,1H3;/q;+1/b4-3+;. The number of quaternary nitrogens is 1. The zero-order chi connectivity index (χ0) is 18.9. The second-order valence-electron chi connectivity index (χ2n) is 6.28. The fourth-order valence-electron chi connectivity index (χ4n) is 3.10. The molecule has 1 aliphatic heterocycles. The van der Waals surface area contributed by atoms with Gasteiger partial charge >= 0.3 is 29.6 Å². The number of unbranched alkanes of at least 4 members (excludes halogenated alkanes) is 1. The molecule has 1 aliphatic rings. The van der Waals surface area contributed by atoms with E-state index < -0.39 is 22.0 Å². The van der Waals surface area contributed by atoms with E-state index in [2.05, 4.69) is 4.99 Å². The van der Waals surface area contributed by atoms with Gasteiger partial charge in [-0.25, -0.2) is 13.4 Å². The van der Waals surface area contributed by atoms with E-state index in [0.717, 1.165) is 12.8 Å². The number of Topliss-reactive ketones (excluding diaryl/α,β-unsaturated/α-hetero) is 1. The molecule has 0 aliphatic carbocycles. The third-order valence-electron chi connectivity index (χ3n) is 4.15. The van der Waals surface area contributed by atoms with Crippen molar-refractivity contribution in [3.63, 3.8) is 0 Å². The zero-order valence-electron chi connectivity index (χ0n) is 15.6. The second-order valence-corrected chi connectivity index (χ2v) is 7.73. The van der Waals surface area contributed by atoms with Crippen LogP contribution in [-0.2, 0) is 14.9 Å². The van der Waals surface area contributed by atoms with Crippen molar-refractivity contribution in [2.24, 2.45) is 4.99 Å². The molecule has 2 atom stereocenters. The average molecular weight is 399 g/mol. The predicted octanol–water partition coefficient (Wildman–Crippen LogP) is -3.18. The first kappa shape index (κ1) is 25.9. The van der Waals surface area contributed by atoms with E-state index in [0.29, 0.717) is 25.9 Å². The number of aliphatic imine (C=N–C) groups is 1. The van der Waals surface area contributed by atoms with Crippen LogP contribution in [0.1, 0.15) is 32.6 Å². The van der Waals surface area contributed by atoms with Crippen LogP contribution < -0.4 is 29.6 Å². The van der Waals surface area contributed by atoms with Gasteiger partial charge in [0, 0.05) is 6.42 Å². The summed E-state index contributed by atoms with van der Waals surface area (Å²) in [6.45, 7) is 2.59. The molecule has 0 radical (unpaired) electrons. The van der Waals surface area contributed by atoms with Gasteiger partial charge in [-0.3, -0.25) is 9.28 Å². The van der Waals surface area contributed by atoms with E-state index in [9.17, 15) is 28.0 Å². The van der Waals surface area contributed by atoms with Crippen LogP contribution >= 0.6 is 0 Å². The van der Waals surface area contributed by atoms with Crippen molar-refractivity contribution in [3.05, 3.63) is 12.2 Å². The normalized spacial score (nSPS) is 21.5. The third-order valence-corrected chi connectivity index (χ3v) is 4.94. The average Bonchev–Trinajstić information content (AvgIpc) is 2.88. The first-order valence-electron chi connectivity index (χ1n) is 8.56. The Balaban J connectivity index is 0.00000625. The quantitative estimate of drug-likeness (QED) is 0.117. The summed E-state index contributed by atoms with van der Waals surface area (Å²) < 4.78 is 32.5. The van der Waals surface area contributed by atoms with Gasteiger partial charge in [-0.2, -0.15) is 0 Å². The number of carbonyl (C=O) groups excluding carboxylic acids is 1. The van der Waals surface area contributed by atoms with Gasteiger partial charge in [0.05, 0.1) is 29.0 Å². The number of rotatable bonds is 12. The number of aliphatic hydroxyl groups excluding tert-OH is 2. The smallest absolute Gasteiger partial charge is 0.748 e. The van der Waals surface area contributed by atoms with Gasteiger partial charge in [0.25, 0.3) is 5.84 Å². The third kappa shape index (κ3) is 8.71. The monoisotopic (exact) mass is 399 g/mol. The van der Waals surface area contributed by atoms with Gasteiger partial charge in [0.1, 0.15) is 25.7 Å². The zero-order valence-corrected chi connectivity index (χ0v) is 18.4. The second kappa shape index (κ2) is 12.4. The van der Waals surface area contributed by atoms with Crippen LogP contribution in [0.2, 0.25) is 0 Å². The molecule has 0 aromatic heterocycles. The van der Waals surface area contributed by atoms with Gasteiger partial charge in [-0.15, -0.1) is 0 Å². The van der Waals surface area contributed by atoms with E-state index in [1.807, 2.05) is 19.1 Å². The molecule has 0 aromatic carbocycles. The van der Waals surface area contributed by atoms with E-state index in [1.54, 1.807) is 0 Å². The Labute approximate surface area is 177 Å². The van der Waals surface area contributed by atoms with Gasteiger partial charge in [-0.05, 0) is 19.3 Å². The molecular formula is C16H28N2NaO6S+. The van der Waals surface area contributed by atoms with Crippen LogP contribution in [0.25, 0.3) is 0 Å². The minimum absolute atomic E-state index is 0. The Kier molecular flexibility index (Phi) is 12.3. The fourth-order valence-corrected chi connectivity index (χ4v) is 3.68. The Morgan fingerprint density at radius 1 is 1.42 bits per heavy atom. The van der Waals surface area contributed by atoms with E-state index in [-0.39, 0.29) is 65.4 Å². The summed E-state index contributed by atoms with van der Waals surface area (Å²) in [7, 11) is -4.57. The summed E-state index contributed by atoms with van der Waals surface area (Å²) in [4.78, 5) is 16.8. The summed E-state index contributed by atoms with van der Waals surface area (Å²) in [5.74, 6) is -0.814. The summed E-state index contributed by atoms with van der Waals surface area (Å²) in [6.07, 6.45) is 5.34. The molecule has 0 saturated carbocycles. The molecule has 8 nitrogen and oxygen atoms in total. The largest absolute Gasteiger partial charge is 1.00 e. The van der Waals surface area contributed by atoms with Crippen LogP contribution in [0.15, 0.2) is 17.1 Å². The van der Waals surface area contributed by atoms with Crippen LogP contribution in [0.4, 0.5) is 0 Å². The van der Waals surface area contributed by atoms with Crippen molar-refractivity contribution in [3.8, 4) is 0 Å². The summed E-state index contributed by atoms with van der Waals surface area (Å²) in [5, 5.41) is 19.3. The van der Waals surface area contributed by atoms with Crippen molar-refractivity contribution in [2.45, 2.75) is 38.7 Å². The number of allylic oxidation sites excluding steroid dienone is 2. The first-order valence-corrected chi connectivity index (χ1v) is 10.1. The molecule has 2 unspecified atom stereocenters. The van der Waals surface area contributed by atoms with E-state index in [4.69, 9.17) is 0 Å². The maximum Gasteiger partial charge on any atom is 1.00 e. The molecule has 144 valence electrons. The van der Waals surface area contributed by atoms with Gasteiger partial charge < -0.3 is 14.8 Å². The molecule has 0 amide bonds. The molecule has 2 N–H and O–H groups in total. The van der Waals surface area contributed by atoms with Crippen molar-refractivity contribution in [1.82, 2.24) is 0 Å². The number of aliphatic hydroxyl groups is 2. The maximum atomic E-state index is 12.5. The number of hydrogen-bond donors (Lipinski definition) is 2. The van der Waals surface area contributed by atoms with Gasteiger partial charge in [-0.1, -0.05) is 19.1 Å². The molecule has 0 fully saturated rings. The molecule has 1 heterocycles. The SMILES string of the molecule is CC/C=C/CCCC(=O)C1=NCC[N+]1(CCO)CC(O)CS(=O)(=O)[O-].[Na+]. The van der Waals surface area contributed by atoms with Crippen molar-refractivity contribution < 1.29 is 62.0 Å². The van der Waals surface area contributed by atoms with Gasteiger partial charge in [0.15, 0.2) is 0 Å². The Morgan fingerprint density at radius 3 is 2.69 bits per heavy atom. The van der Waals surface area contributed by atoms with E-state index >= 15 is 0 Å². The Hall–Kier alpha value is -0.130. The van der Waals surface area contributed by atoms with Crippen molar-refractivity contribution in [1.29, 1.82) is 0 Å². The molecule has 10 heteroatoms. The predicted molar refractivity (Wildman–Crippen MR) is 93.1 cm³/mol. The molecule has 26 heavy (non-hydrogen) atoms. The van der Waals surface area contributed by atoms with Crippen molar-refractivity contribution in [2.75, 3.05) is 38.5 Å². The fraction of sp³-hybridized carbons (Fsp3) is 0.750. The number of carbonyl (C=O) groups is 1. The summed E-state index contributed by atoms with van der Waals surface area (Å²) in [6, 6.07) is 0. The molecule has 0 aromatic rings. The number of hydrogen-bond acceptors (Lipinski definition) is 7. The van der Waals surface area contributed by atoms with Crippen LogP contribution in [0.3, 0.4) is 0 Å². The van der Waals surface area contributed by atoms with E-state index in [1.165, 1.54) is 0 Å². The minimum Gasteiger partial charge on any atom is -0.748 e. The first-order chi connectivity index (χ1) is 11.7. The number of nitrogens with zero attached hydrogens (tertiary/aromatic N) is 2. The summed E-state index contributed by atoms with van der Waals surface area (Å²) in [5.41, 5.74) is 0. The topological polar surface area (TPSA) is 127 Å². The van der Waals surface area contributed by atoms with Crippen LogP contribution in [0.5, 0.6) is 0 Å². The molecule has 0 saturated heterocycles. The van der Waals surface area contributed by atoms with Crippen molar-refractivity contribution >= 4 is 21.7 Å². The summed E-state index contributed by atoms with van der Waals surface area (Å²) >= 11 is 0. The minimum atomic E-state index is -4.57. The number of amidine groups is 1. The van der Waals surface area contributed by atoms with Gasteiger partial charge in [0.2, 0.25) is 5.78 Å². The molecule has 0 spiro atoms. The Morgan fingerprint density at radius 2 is 2.12 bits per heavy atom. The Bertz CT molecular complexity index is 608. The maximum absolute atomic E-state index is 12.5. The molecular weight excluding hydrogens is 371 g/mol. The van der Waals surface area contributed by atoms with Crippen LogP contribution in [0, 0.1) is 0 Å². The molecule has 0 bridgehead atoms. The van der Waals surface area contributed by atoms with Crippen LogP contribution in [-0.4, -0.2) is 83.9 Å².